The molecule has 0 spiro atoms. The molecule has 0 atom stereocenters. The highest BCUT2D eigenvalue weighted by Crippen LogP contribution is 2.18. The topological polar surface area (TPSA) is 0 Å². The second-order valence-corrected chi connectivity index (χ2v) is 13.3. The maximum absolute atomic E-state index is 2.33. The first-order valence-corrected chi connectivity index (χ1v) is 17.5. The van der Waals surface area contributed by atoms with Gasteiger partial charge in [0, 0.05) is 0 Å². The van der Waals surface area contributed by atoms with Crippen LogP contribution in [-0.4, -0.2) is 62.8 Å². The van der Waals surface area contributed by atoms with Crippen molar-refractivity contribution in [2.75, 3.05) is 53.9 Å². The first-order chi connectivity index (χ1) is 17.8. The van der Waals surface area contributed by atoms with Crippen molar-refractivity contribution in [1.82, 2.24) is 0 Å². The maximum Gasteiger partial charge on any atom is 0.0786 e. The van der Waals surface area contributed by atoms with Gasteiger partial charge in [0.25, 0.3) is 0 Å². The monoisotopic (exact) mass is 688 g/mol. The van der Waals surface area contributed by atoms with E-state index >= 15 is 0 Å². The van der Waals surface area contributed by atoms with Crippen molar-refractivity contribution >= 4 is 0 Å². The Balaban J connectivity index is -0.000000309. The average molecular weight is 689 g/mol. The number of rotatable bonds is 27. The van der Waals surface area contributed by atoms with Gasteiger partial charge in [-0.2, -0.15) is 0 Å². The Morgan fingerprint density at radius 1 is 0.308 bits per heavy atom. The second kappa shape index (κ2) is 35.1. The Kier molecular flexibility index (Phi) is 42.2. The largest absolute Gasteiger partial charge is 1.00 e. The third-order valence-corrected chi connectivity index (χ3v) is 8.13. The Bertz CT molecular complexity index is 380. The van der Waals surface area contributed by atoms with E-state index in [0.717, 1.165) is 4.48 Å². The lowest BCUT2D eigenvalue weighted by molar-refractivity contribution is -0.929. The van der Waals surface area contributed by atoms with Crippen LogP contribution in [0.1, 0.15) is 176 Å². The molecule has 0 aliphatic heterocycles. The van der Waals surface area contributed by atoms with E-state index in [-0.39, 0.29) is 36.4 Å². The van der Waals surface area contributed by atoms with Gasteiger partial charge in [-0.15, -0.1) is 0 Å². The molecule has 0 saturated carbocycles. The summed E-state index contributed by atoms with van der Waals surface area (Å²) in [7, 11) is 6.86. The van der Waals surface area contributed by atoms with Gasteiger partial charge in [-0.3, -0.25) is 0 Å². The van der Waals surface area contributed by atoms with Crippen molar-refractivity contribution in [3.05, 3.63) is 0 Å². The van der Waals surface area contributed by atoms with Gasteiger partial charge < -0.3 is 45.3 Å². The van der Waals surface area contributed by atoms with E-state index in [4.69, 9.17) is 0 Å². The minimum absolute atomic E-state index is 0. The minimum Gasteiger partial charge on any atom is -1.00 e. The summed E-state index contributed by atoms with van der Waals surface area (Å²) in [6, 6.07) is 0. The van der Waals surface area contributed by atoms with E-state index in [0.29, 0.717) is 0 Å². The summed E-state index contributed by atoms with van der Waals surface area (Å²) >= 11 is 0. The molecule has 0 fully saturated rings. The summed E-state index contributed by atoms with van der Waals surface area (Å²) in [5.41, 5.74) is 0. The van der Waals surface area contributed by atoms with Crippen LogP contribution in [0.3, 0.4) is 0 Å². The Morgan fingerprint density at radius 2 is 0.513 bits per heavy atom. The third kappa shape index (κ3) is 36.9. The summed E-state index contributed by atoms with van der Waals surface area (Å²) in [4.78, 5) is 0. The van der Waals surface area contributed by atoms with Crippen molar-refractivity contribution < 1.29 is 45.3 Å². The highest BCUT2D eigenvalue weighted by Gasteiger charge is 2.25. The predicted octanol–water partition coefficient (Wildman–Crippen LogP) is 5.19. The first kappa shape index (κ1) is 46.9. The van der Waals surface area contributed by atoms with Gasteiger partial charge in [0.2, 0.25) is 0 Å². The maximum atomic E-state index is 2.33. The summed E-state index contributed by atoms with van der Waals surface area (Å²) in [6.07, 6.45) is 31.3. The molecule has 39 heavy (non-hydrogen) atoms. The molecule has 0 aromatic heterocycles. The van der Waals surface area contributed by atoms with E-state index in [2.05, 4.69) is 55.8 Å². The molecule has 0 aromatic carbocycles. The summed E-state index contributed by atoms with van der Waals surface area (Å²) in [5, 5.41) is 0. The lowest BCUT2D eigenvalue weighted by atomic mass is 10.1. The van der Waals surface area contributed by atoms with E-state index < -0.39 is 0 Å². The lowest BCUT2D eigenvalue weighted by Crippen LogP contribution is -3.00. The van der Waals surface area contributed by atoms with Crippen molar-refractivity contribution in [2.24, 2.45) is 0 Å². The van der Waals surface area contributed by atoms with Gasteiger partial charge in [0.15, 0.2) is 0 Å². The number of halogens is 2. The van der Waals surface area contributed by atoms with Gasteiger partial charge in [-0.05, 0) is 64.2 Å². The molecule has 0 saturated heterocycles. The van der Waals surface area contributed by atoms with Crippen LogP contribution in [0, 0.1) is 0 Å². The molecule has 0 rings (SSSR count). The molecule has 0 N–H and O–H groups in total. The van der Waals surface area contributed by atoms with Crippen LogP contribution < -0.4 is 36.4 Å². The van der Waals surface area contributed by atoms with E-state index in [1.807, 2.05) is 0 Å². The summed E-state index contributed by atoms with van der Waals surface area (Å²) in [5.74, 6) is 0. The average Bonchev–Trinajstić information content (AvgIpc) is 2.85. The molecule has 0 heterocycles. The second-order valence-electron chi connectivity index (χ2n) is 13.3. The lowest BCUT2D eigenvalue weighted by Gasteiger charge is -2.39. The van der Waals surface area contributed by atoms with Crippen molar-refractivity contribution in [3.8, 4) is 0 Å². The molecule has 0 aliphatic rings. The number of nitrogens with zero attached hydrogens (tertiary/aromatic N) is 2. The van der Waals surface area contributed by atoms with Crippen LogP contribution in [0.5, 0.6) is 0 Å². The standard InChI is InChI=1S/C20H44N.C15H34N.ClH.HI/c1-5-9-13-17-21(18-14-10-6-2,19-15-11-7-3)20-16-12-8-4;1-5-6-7-8-9-10-11-12-13-14-15-16(2,3)4;;/h5-20H2,1-4H3;5-15H2,1-4H3;2*1H/q2*+1;;/p-2. The van der Waals surface area contributed by atoms with E-state index in [1.54, 1.807) is 0 Å². The fraction of sp³-hybridized carbons (Fsp3) is 1.00. The van der Waals surface area contributed by atoms with E-state index in [1.165, 1.54) is 178 Å². The molecule has 0 aromatic rings. The normalized spacial score (nSPS) is 11.4. The first-order valence-electron chi connectivity index (χ1n) is 17.5. The Labute approximate surface area is 273 Å². The highest BCUT2D eigenvalue weighted by atomic mass is 127. The van der Waals surface area contributed by atoms with Crippen molar-refractivity contribution in [2.45, 2.75) is 176 Å². The molecule has 2 nitrogen and oxygen atoms in total. The third-order valence-electron chi connectivity index (χ3n) is 8.13. The molecule has 0 unspecified atom stereocenters. The summed E-state index contributed by atoms with van der Waals surface area (Å²) in [6.45, 7) is 18.7. The highest BCUT2D eigenvalue weighted by molar-refractivity contribution is 4.52. The summed E-state index contributed by atoms with van der Waals surface area (Å²) < 4.78 is 2.57. The molecule has 4 heteroatoms. The van der Waals surface area contributed by atoms with Crippen LogP contribution in [0.15, 0.2) is 0 Å². The molecule has 0 bridgehead atoms. The zero-order valence-electron chi connectivity index (χ0n) is 28.7. The molecular formula is C35H78ClIN2. The van der Waals surface area contributed by atoms with Crippen LogP contribution in [0.2, 0.25) is 0 Å². The minimum atomic E-state index is 0. The van der Waals surface area contributed by atoms with Crippen LogP contribution in [-0.2, 0) is 0 Å². The smallest absolute Gasteiger partial charge is 0.0786 e. The van der Waals surface area contributed by atoms with Crippen LogP contribution in [0.25, 0.3) is 0 Å². The SMILES string of the molecule is CCCCCCCCCCCC[N+](C)(C)C.CCCCC[N+](CCCCC)(CCCCC)CCCCC.[Cl-].[I-]. The van der Waals surface area contributed by atoms with Crippen LogP contribution in [0.4, 0.5) is 0 Å². The molecule has 0 aliphatic carbocycles. The Hall–Kier alpha value is 0.940. The number of hydrogen-bond acceptors (Lipinski definition) is 0. The molecule has 0 radical (unpaired) electrons. The van der Waals surface area contributed by atoms with Crippen molar-refractivity contribution in [3.63, 3.8) is 0 Å². The zero-order valence-corrected chi connectivity index (χ0v) is 31.7. The zero-order chi connectivity index (χ0) is 28.1. The molecule has 0 amide bonds. The number of quaternary nitrogens is 2. The molecule has 242 valence electrons. The molecular weight excluding hydrogens is 611 g/mol. The van der Waals surface area contributed by atoms with Gasteiger partial charge in [0.05, 0.1) is 53.9 Å². The Morgan fingerprint density at radius 3 is 0.769 bits per heavy atom. The predicted molar refractivity (Wildman–Crippen MR) is 173 cm³/mol. The van der Waals surface area contributed by atoms with Crippen LogP contribution >= 0.6 is 0 Å². The van der Waals surface area contributed by atoms with Gasteiger partial charge in [-0.1, -0.05) is 112 Å². The van der Waals surface area contributed by atoms with Gasteiger partial charge >= 0.3 is 0 Å². The van der Waals surface area contributed by atoms with E-state index in [9.17, 15) is 0 Å². The fourth-order valence-corrected chi connectivity index (χ4v) is 5.53. The fourth-order valence-electron chi connectivity index (χ4n) is 5.53. The quantitative estimate of drug-likeness (QED) is 0.0634. The van der Waals surface area contributed by atoms with Gasteiger partial charge in [-0.25, -0.2) is 0 Å². The van der Waals surface area contributed by atoms with Crippen molar-refractivity contribution in [1.29, 1.82) is 0 Å². The number of hydrogen-bond donors (Lipinski definition) is 0. The van der Waals surface area contributed by atoms with Gasteiger partial charge in [0.1, 0.15) is 0 Å². The number of unbranched alkanes of at least 4 members (excludes halogenated alkanes) is 17.